The molecule has 0 aliphatic carbocycles. The van der Waals surface area contributed by atoms with E-state index >= 15 is 0 Å². The molecule has 1 aromatic carbocycles. The molecule has 6 nitrogen and oxygen atoms in total. The molecule has 1 atom stereocenters. The molecular formula is C21H18N2O4S2. The van der Waals surface area contributed by atoms with Crippen LogP contribution in [-0.4, -0.2) is 25.1 Å². The zero-order valence-corrected chi connectivity index (χ0v) is 17.4. The molecule has 29 heavy (non-hydrogen) atoms. The van der Waals surface area contributed by atoms with Gasteiger partial charge in [-0.2, -0.15) is 0 Å². The molecule has 4 aromatic rings. The minimum Gasteiger partial charge on any atom is -0.497 e. The highest BCUT2D eigenvalue weighted by Crippen LogP contribution is 2.36. The van der Waals surface area contributed by atoms with Gasteiger partial charge in [-0.15, -0.1) is 22.7 Å². The highest BCUT2D eigenvalue weighted by atomic mass is 32.1. The summed E-state index contributed by atoms with van der Waals surface area (Å²) in [4.78, 5) is 18.0. The number of nitrogens with one attached hydrogen (secondary N) is 1. The monoisotopic (exact) mass is 426 g/mol. The number of thiazole rings is 1. The molecule has 0 fully saturated rings. The molecule has 1 unspecified atom stereocenters. The van der Waals surface area contributed by atoms with Crippen molar-refractivity contribution in [3.05, 3.63) is 75.1 Å². The lowest BCUT2D eigenvalue weighted by Crippen LogP contribution is -2.28. The van der Waals surface area contributed by atoms with Crippen LogP contribution >= 0.6 is 22.7 Å². The topological polar surface area (TPSA) is 73.6 Å². The van der Waals surface area contributed by atoms with Crippen LogP contribution in [-0.2, 0) is 0 Å². The average molecular weight is 427 g/mol. The predicted molar refractivity (Wildman–Crippen MR) is 113 cm³/mol. The van der Waals surface area contributed by atoms with Crippen LogP contribution in [0.1, 0.15) is 26.5 Å². The Labute approximate surface area is 175 Å². The molecule has 0 bridgehead atoms. The molecule has 1 amide bonds. The summed E-state index contributed by atoms with van der Waals surface area (Å²) in [6.45, 7) is 0. The predicted octanol–water partition coefficient (Wildman–Crippen LogP) is 5.00. The van der Waals surface area contributed by atoms with Crippen molar-refractivity contribution in [1.82, 2.24) is 10.3 Å². The van der Waals surface area contributed by atoms with Gasteiger partial charge >= 0.3 is 0 Å². The zero-order valence-electron chi connectivity index (χ0n) is 15.7. The first kappa shape index (κ1) is 19.2. The number of rotatable bonds is 7. The first-order valence-corrected chi connectivity index (χ1v) is 10.5. The van der Waals surface area contributed by atoms with Gasteiger partial charge in [-0.25, -0.2) is 4.98 Å². The summed E-state index contributed by atoms with van der Waals surface area (Å²) in [6, 6.07) is 12.3. The number of thiophene rings is 1. The number of aromatic nitrogens is 1. The Morgan fingerprint density at radius 1 is 1.14 bits per heavy atom. The summed E-state index contributed by atoms with van der Waals surface area (Å²) in [5, 5.41) is 7.54. The van der Waals surface area contributed by atoms with E-state index in [4.69, 9.17) is 18.9 Å². The Kier molecular flexibility index (Phi) is 5.64. The van der Waals surface area contributed by atoms with Gasteiger partial charge in [-0.05, 0) is 41.8 Å². The van der Waals surface area contributed by atoms with E-state index in [9.17, 15) is 4.79 Å². The van der Waals surface area contributed by atoms with Gasteiger partial charge < -0.3 is 19.2 Å². The largest absolute Gasteiger partial charge is 0.497 e. The van der Waals surface area contributed by atoms with E-state index in [0.29, 0.717) is 27.1 Å². The van der Waals surface area contributed by atoms with E-state index in [-0.39, 0.29) is 5.91 Å². The maximum atomic E-state index is 12.6. The van der Waals surface area contributed by atoms with Crippen molar-refractivity contribution in [3.63, 3.8) is 0 Å². The second-order valence-corrected chi connectivity index (χ2v) is 7.87. The number of amides is 1. The van der Waals surface area contributed by atoms with E-state index in [1.54, 1.807) is 32.6 Å². The van der Waals surface area contributed by atoms with Crippen LogP contribution in [0.4, 0.5) is 0 Å². The number of hydrogen-bond donors (Lipinski definition) is 1. The van der Waals surface area contributed by atoms with Gasteiger partial charge in [0, 0.05) is 10.9 Å². The molecule has 0 saturated carbocycles. The number of benzene rings is 1. The second kappa shape index (κ2) is 8.50. The van der Waals surface area contributed by atoms with E-state index in [1.807, 2.05) is 41.1 Å². The van der Waals surface area contributed by atoms with Crippen molar-refractivity contribution in [2.45, 2.75) is 6.04 Å². The Hall–Kier alpha value is -3.10. The third-order valence-electron chi connectivity index (χ3n) is 4.30. The molecule has 0 aliphatic heterocycles. The molecule has 3 aromatic heterocycles. The van der Waals surface area contributed by atoms with Crippen LogP contribution in [0.25, 0.3) is 11.3 Å². The van der Waals surface area contributed by atoms with E-state index in [1.165, 1.54) is 22.7 Å². The molecule has 8 heteroatoms. The van der Waals surface area contributed by atoms with Crippen molar-refractivity contribution in [1.29, 1.82) is 0 Å². The van der Waals surface area contributed by atoms with E-state index < -0.39 is 6.04 Å². The van der Waals surface area contributed by atoms with Crippen molar-refractivity contribution in [2.24, 2.45) is 0 Å². The Morgan fingerprint density at radius 3 is 2.72 bits per heavy atom. The number of hydrogen-bond acceptors (Lipinski definition) is 7. The quantitative estimate of drug-likeness (QED) is 0.450. The average Bonchev–Trinajstić information content (AvgIpc) is 3.53. The van der Waals surface area contributed by atoms with Crippen LogP contribution in [0.2, 0.25) is 0 Å². The van der Waals surface area contributed by atoms with Gasteiger partial charge in [0.2, 0.25) is 0 Å². The third-order valence-corrected chi connectivity index (χ3v) is 6.08. The van der Waals surface area contributed by atoms with Crippen LogP contribution in [0.3, 0.4) is 0 Å². The number of carbonyl (C=O) groups is 1. The highest BCUT2D eigenvalue weighted by molar-refractivity contribution is 7.12. The molecular weight excluding hydrogens is 408 g/mol. The fourth-order valence-electron chi connectivity index (χ4n) is 2.88. The van der Waals surface area contributed by atoms with E-state index in [0.717, 1.165) is 11.3 Å². The lowest BCUT2D eigenvalue weighted by Gasteiger charge is -2.14. The van der Waals surface area contributed by atoms with Gasteiger partial charge in [-0.3, -0.25) is 4.79 Å². The fourth-order valence-corrected chi connectivity index (χ4v) is 4.38. The number of carbonyl (C=O) groups excluding carboxylic acids is 1. The summed E-state index contributed by atoms with van der Waals surface area (Å²) in [5.41, 5.74) is 1.56. The molecule has 0 radical (unpaired) electrons. The Bertz CT molecular complexity index is 1090. The van der Waals surface area contributed by atoms with Crippen LogP contribution in [0.15, 0.2) is 63.9 Å². The molecule has 1 N–H and O–H groups in total. The summed E-state index contributed by atoms with van der Waals surface area (Å²) in [6.07, 6.45) is 1.58. The van der Waals surface area contributed by atoms with Gasteiger partial charge in [0.1, 0.15) is 28.3 Å². The third kappa shape index (κ3) is 4.03. The van der Waals surface area contributed by atoms with Crippen LogP contribution in [0.5, 0.6) is 11.5 Å². The fraction of sp³-hybridized carbons (Fsp3) is 0.143. The number of furan rings is 1. The summed E-state index contributed by atoms with van der Waals surface area (Å²) < 4.78 is 16.4. The normalized spacial score (nSPS) is 11.8. The maximum Gasteiger partial charge on any atom is 0.262 e. The zero-order chi connectivity index (χ0) is 20.2. The van der Waals surface area contributed by atoms with Crippen LogP contribution < -0.4 is 14.8 Å². The van der Waals surface area contributed by atoms with Gasteiger partial charge in [0.15, 0.2) is 0 Å². The number of nitrogens with zero attached hydrogens (tertiary/aromatic N) is 1. The molecule has 4 rings (SSSR count). The maximum absolute atomic E-state index is 12.6. The Balaban J connectivity index is 1.69. The molecule has 148 valence electrons. The van der Waals surface area contributed by atoms with Gasteiger partial charge in [0.05, 0.1) is 31.1 Å². The SMILES string of the molecule is COc1ccc(OC)c(-c2csc(C(NC(=O)c3cccs3)c3ccco3)n2)c1. The molecule has 0 aliphatic rings. The molecule has 0 saturated heterocycles. The van der Waals surface area contributed by atoms with Crippen molar-refractivity contribution >= 4 is 28.6 Å². The standard InChI is InChI=1S/C21H18N2O4S2/c1-25-13-7-8-16(26-2)14(11-13)15-12-29-21(22-15)19(17-5-3-9-27-17)23-20(24)18-6-4-10-28-18/h3-12,19H,1-2H3,(H,23,24). The minimum absolute atomic E-state index is 0.169. The van der Waals surface area contributed by atoms with Crippen LogP contribution in [0, 0.1) is 0 Å². The molecule has 0 spiro atoms. The van der Waals surface area contributed by atoms with E-state index in [2.05, 4.69) is 5.32 Å². The van der Waals surface area contributed by atoms with Crippen molar-refractivity contribution in [2.75, 3.05) is 14.2 Å². The van der Waals surface area contributed by atoms with Crippen molar-refractivity contribution < 1.29 is 18.7 Å². The Morgan fingerprint density at radius 2 is 2.03 bits per heavy atom. The second-order valence-electron chi connectivity index (χ2n) is 6.04. The first-order chi connectivity index (χ1) is 14.2. The summed E-state index contributed by atoms with van der Waals surface area (Å²) in [5.74, 6) is 1.86. The van der Waals surface area contributed by atoms with Gasteiger partial charge in [-0.1, -0.05) is 6.07 Å². The summed E-state index contributed by atoms with van der Waals surface area (Å²) in [7, 11) is 3.23. The smallest absolute Gasteiger partial charge is 0.262 e. The lowest BCUT2D eigenvalue weighted by atomic mass is 10.1. The van der Waals surface area contributed by atoms with Gasteiger partial charge in [0.25, 0.3) is 5.91 Å². The number of methoxy groups -OCH3 is 2. The molecule has 3 heterocycles. The number of ether oxygens (including phenoxy) is 2. The lowest BCUT2D eigenvalue weighted by molar-refractivity contribution is 0.0943. The minimum atomic E-state index is -0.491. The van der Waals surface area contributed by atoms with Crippen molar-refractivity contribution in [3.8, 4) is 22.8 Å². The summed E-state index contributed by atoms with van der Waals surface area (Å²) >= 11 is 2.83. The highest BCUT2D eigenvalue weighted by Gasteiger charge is 2.24. The first-order valence-electron chi connectivity index (χ1n) is 8.75.